The van der Waals surface area contributed by atoms with Gasteiger partial charge in [-0.2, -0.15) is 0 Å². The Morgan fingerprint density at radius 3 is 2.58 bits per heavy atom. The van der Waals surface area contributed by atoms with Crippen LogP contribution in [0.25, 0.3) is 5.82 Å². The summed E-state index contributed by atoms with van der Waals surface area (Å²) in [7, 11) is 0. The molecule has 0 radical (unpaired) electrons. The zero-order chi connectivity index (χ0) is 18.4. The van der Waals surface area contributed by atoms with Crippen LogP contribution in [-0.2, 0) is 11.3 Å². The van der Waals surface area contributed by atoms with Crippen LogP contribution in [0.5, 0.6) is 0 Å². The molecule has 0 spiro atoms. The number of benzene rings is 1. The third-order valence-electron chi connectivity index (χ3n) is 3.73. The molecule has 0 fully saturated rings. The highest BCUT2D eigenvalue weighted by molar-refractivity contribution is 5.92. The van der Waals surface area contributed by atoms with E-state index in [1.807, 2.05) is 30.3 Å². The van der Waals surface area contributed by atoms with Gasteiger partial charge in [-0.1, -0.05) is 37.3 Å². The predicted molar refractivity (Wildman–Crippen MR) is 97.9 cm³/mol. The fraction of sp³-hybridized carbons (Fsp3) is 0.158. The number of aromatic nitrogens is 3. The number of amides is 2. The van der Waals surface area contributed by atoms with E-state index >= 15 is 0 Å². The van der Waals surface area contributed by atoms with E-state index in [2.05, 4.69) is 20.6 Å². The van der Waals surface area contributed by atoms with Gasteiger partial charge in [0, 0.05) is 19.2 Å². The molecule has 0 saturated carbocycles. The van der Waals surface area contributed by atoms with Gasteiger partial charge in [0.2, 0.25) is 5.91 Å². The van der Waals surface area contributed by atoms with Crippen molar-refractivity contribution < 1.29 is 9.59 Å². The normalized spacial score (nSPS) is 10.3. The molecule has 1 aromatic carbocycles. The number of anilines is 1. The first-order valence-electron chi connectivity index (χ1n) is 8.28. The van der Waals surface area contributed by atoms with Gasteiger partial charge in [-0.15, -0.1) is 0 Å². The lowest BCUT2D eigenvalue weighted by molar-refractivity contribution is -0.115. The van der Waals surface area contributed by atoms with Crippen LogP contribution in [0.4, 0.5) is 5.69 Å². The molecule has 0 aliphatic carbocycles. The van der Waals surface area contributed by atoms with Gasteiger partial charge in [0.1, 0.15) is 17.8 Å². The minimum absolute atomic E-state index is 0.0699. The zero-order valence-electron chi connectivity index (χ0n) is 14.3. The molecule has 3 rings (SSSR count). The molecule has 2 aromatic heterocycles. The summed E-state index contributed by atoms with van der Waals surface area (Å²) >= 11 is 0. The predicted octanol–water partition coefficient (Wildman–Crippen LogP) is 2.55. The molecule has 2 heterocycles. The molecule has 132 valence electrons. The van der Waals surface area contributed by atoms with E-state index in [-0.39, 0.29) is 11.8 Å². The van der Waals surface area contributed by atoms with E-state index in [0.717, 1.165) is 5.56 Å². The summed E-state index contributed by atoms with van der Waals surface area (Å²) < 4.78 is 1.66. The van der Waals surface area contributed by atoms with Crippen molar-refractivity contribution in [2.45, 2.75) is 19.9 Å². The molecular formula is C19H19N5O2. The maximum atomic E-state index is 12.2. The Kier molecular flexibility index (Phi) is 5.38. The number of hydrogen-bond donors (Lipinski definition) is 2. The third kappa shape index (κ3) is 4.32. The molecule has 26 heavy (non-hydrogen) atoms. The topological polar surface area (TPSA) is 88.9 Å². The minimum atomic E-state index is -0.251. The van der Waals surface area contributed by atoms with E-state index in [1.54, 1.807) is 36.0 Å². The number of nitrogens with zero attached hydrogens (tertiary/aromatic N) is 3. The Bertz CT molecular complexity index is 888. The fourth-order valence-corrected chi connectivity index (χ4v) is 2.30. The molecule has 0 saturated heterocycles. The van der Waals surface area contributed by atoms with Crippen LogP contribution in [-0.4, -0.2) is 26.3 Å². The SMILES string of the molecule is CCC(=O)Nc1ccc(-n2cnc(C(=O)NCc3ccccc3)c2)nc1. The van der Waals surface area contributed by atoms with Gasteiger partial charge in [0.15, 0.2) is 0 Å². The Hall–Kier alpha value is -3.48. The second-order valence-corrected chi connectivity index (χ2v) is 5.64. The van der Waals surface area contributed by atoms with Gasteiger partial charge < -0.3 is 10.6 Å². The van der Waals surface area contributed by atoms with Crippen molar-refractivity contribution in [3.63, 3.8) is 0 Å². The lowest BCUT2D eigenvalue weighted by Gasteiger charge is -2.05. The van der Waals surface area contributed by atoms with Crippen molar-refractivity contribution in [3.8, 4) is 5.82 Å². The quantitative estimate of drug-likeness (QED) is 0.716. The van der Waals surface area contributed by atoms with Crippen molar-refractivity contribution >= 4 is 17.5 Å². The van der Waals surface area contributed by atoms with Crippen LogP contribution in [0.15, 0.2) is 61.2 Å². The number of hydrogen-bond acceptors (Lipinski definition) is 4. The smallest absolute Gasteiger partial charge is 0.271 e. The van der Waals surface area contributed by atoms with Crippen LogP contribution in [0.2, 0.25) is 0 Å². The number of rotatable bonds is 6. The van der Waals surface area contributed by atoms with E-state index in [9.17, 15) is 9.59 Å². The van der Waals surface area contributed by atoms with Crippen molar-refractivity contribution in [2.24, 2.45) is 0 Å². The Labute approximate surface area is 151 Å². The van der Waals surface area contributed by atoms with Crippen molar-refractivity contribution in [3.05, 3.63) is 72.4 Å². The second-order valence-electron chi connectivity index (χ2n) is 5.64. The monoisotopic (exact) mass is 349 g/mol. The highest BCUT2D eigenvalue weighted by Gasteiger charge is 2.10. The van der Waals surface area contributed by atoms with Crippen LogP contribution in [0, 0.1) is 0 Å². The Balaban J connectivity index is 1.63. The van der Waals surface area contributed by atoms with Crippen molar-refractivity contribution in [1.29, 1.82) is 0 Å². The number of nitrogens with one attached hydrogen (secondary N) is 2. The molecule has 0 atom stereocenters. The lowest BCUT2D eigenvalue weighted by Crippen LogP contribution is -2.23. The zero-order valence-corrected chi connectivity index (χ0v) is 14.3. The first-order chi connectivity index (χ1) is 12.7. The molecule has 0 bridgehead atoms. The van der Waals surface area contributed by atoms with E-state index in [4.69, 9.17) is 0 Å². The van der Waals surface area contributed by atoms with Gasteiger partial charge in [-0.25, -0.2) is 9.97 Å². The van der Waals surface area contributed by atoms with Crippen LogP contribution in [0.1, 0.15) is 29.4 Å². The molecule has 0 unspecified atom stereocenters. The lowest BCUT2D eigenvalue weighted by atomic mass is 10.2. The molecule has 7 nitrogen and oxygen atoms in total. The summed E-state index contributed by atoms with van der Waals surface area (Å²) in [6.45, 7) is 2.23. The molecule has 2 amide bonds. The van der Waals surface area contributed by atoms with Gasteiger partial charge in [0.25, 0.3) is 5.91 Å². The van der Waals surface area contributed by atoms with Gasteiger partial charge in [0.05, 0.1) is 11.9 Å². The Morgan fingerprint density at radius 2 is 1.88 bits per heavy atom. The van der Waals surface area contributed by atoms with Gasteiger partial charge in [-0.3, -0.25) is 14.2 Å². The number of carbonyl (C=O) groups is 2. The Morgan fingerprint density at radius 1 is 1.08 bits per heavy atom. The van der Waals surface area contributed by atoms with E-state index in [1.165, 1.54) is 6.33 Å². The first-order valence-corrected chi connectivity index (χ1v) is 8.28. The van der Waals surface area contributed by atoms with Crippen molar-refractivity contribution in [2.75, 3.05) is 5.32 Å². The second kappa shape index (κ2) is 8.06. The highest BCUT2D eigenvalue weighted by atomic mass is 16.2. The summed E-state index contributed by atoms with van der Waals surface area (Å²) in [4.78, 5) is 32.0. The number of pyridine rings is 1. The first kappa shape index (κ1) is 17.3. The average Bonchev–Trinajstić information content (AvgIpc) is 3.17. The van der Waals surface area contributed by atoms with E-state index in [0.29, 0.717) is 30.2 Å². The molecule has 7 heteroatoms. The molecule has 0 aliphatic rings. The summed E-state index contributed by atoms with van der Waals surface area (Å²) in [5, 5.41) is 5.57. The van der Waals surface area contributed by atoms with Crippen LogP contribution in [0.3, 0.4) is 0 Å². The molecule has 2 N–H and O–H groups in total. The van der Waals surface area contributed by atoms with Crippen LogP contribution < -0.4 is 10.6 Å². The third-order valence-corrected chi connectivity index (χ3v) is 3.73. The maximum absolute atomic E-state index is 12.2. The number of carbonyl (C=O) groups excluding carboxylic acids is 2. The standard InChI is InChI=1S/C19H19N5O2/c1-2-18(25)23-15-8-9-17(20-11-15)24-12-16(22-13-24)19(26)21-10-14-6-4-3-5-7-14/h3-9,11-13H,2,10H2,1H3,(H,21,26)(H,23,25). The summed E-state index contributed by atoms with van der Waals surface area (Å²) in [5.41, 5.74) is 1.96. The van der Waals surface area contributed by atoms with Gasteiger partial charge in [-0.05, 0) is 17.7 Å². The van der Waals surface area contributed by atoms with E-state index < -0.39 is 0 Å². The molecule has 3 aromatic rings. The summed E-state index contributed by atoms with van der Waals surface area (Å²) in [6.07, 6.45) is 5.12. The summed E-state index contributed by atoms with van der Waals surface area (Å²) in [6, 6.07) is 13.2. The van der Waals surface area contributed by atoms with Crippen molar-refractivity contribution in [1.82, 2.24) is 19.9 Å². The highest BCUT2D eigenvalue weighted by Crippen LogP contribution is 2.11. The molecule has 0 aliphatic heterocycles. The fourth-order valence-electron chi connectivity index (χ4n) is 2.30. The molecular weight excluding hydrogens is 330 g/mol. The number of imidazole rings is 1. The maximum Gasteiger partial charge on any atom is 0.271 e. The minimum Gasteiger partial charge on any atom is -0.347 e. The largest absolute Gasteiger partial charge is 0.347 e. The van der Waals surface area contributed by atoms with Crippen LogP contribution >= 0.6 is 0 Å². The average molecular weight is 349 g/mol. The van der Waals surface area contributed by atoms with Gasteiger partial charge >= 0.3 is 0 Å². The summed E-state index contributed by atoms with van der Waals surface area (Å²) in [5.74, 6) is 0.285.